The summed E-state index contributed by atoms with van der Waals surface area (Å²) >= 11 is 0. The van der Waals surface area contributed by atoms with Crippen molar-refractivity contribution in [3.63, 3.8) is 0 Å². The van der Waals surface area contributed by atoms with Crippen LogP contribution in [0.5, 0.6) is 0 Å². The van der Waals surface area contributed by atoms with Crippen LogP contribution in [0.1, 0.15) is 47.6 Å². The molecule has 1 amide bonds. The topological polar surface area (TPSA) is 45.5 Å². The second-order valence-electron chi connectivity index (χ2n) is 6.05. The van der Waals surface area contributed by atoms with Crippen molar-refractivity contribution in [1.29, 1.82) is 0 Å². The molecule has 112 valence electrons. The van der Waals surface area contributed by atoms with E-state index in [1.165, 1.54) is 12.8 Å². The van der Waals surface area contributed by atoms with E-state index in [-0.39, 0.29) is 18.3 Å². The predicted molar refractivity (Wildman–Crippen MR) is 80.5 cm³/mol. The first-order valence-electron chi connectivity index (χ1n) is 7.15. The van der Waals surface area contributed by atoms with Gasteiger partial charge in [-0.3, -0.25) is 4.79 Å². The molecule has 3 rings (SSSR count). The van der Waals surface area contributed by atoms with E-state index in [2.05, 4.69) is 5.32 Å². The normalized spacial score (nSPS) is 28.1. The third-order valence-corrected chi connectivity index (χ3v) is 4.55. The Morgan fingerprint density at radius 2 is 1.90 bits per heavy atom. The van der Waals surface area contributed by atoms with Gasteiger partial charge >= 0.3 is 0 Å². The number of furan rings is 1. The summed E-state index contributed by atoms with van der Waals surface area (Å²) < 4.78 is 5.55. The molecule has 2 unspecified atom stereocenters. The molecule has 0 saturated carbocycles. The lowest BCUT2D eigenvalue weighted by molar-refractivity contribution is 0.0647. The van der Waals surface area contributed by atoms with Gasteiger partial charge in [0.1, 0.15) is 5.76 Å². The molecule has 0 aromatic carbocycles. The first-order chi connectivity index (χ1) is 9.04. The molecule has 20 heavy (non-hydrogen) atoms. The van der Waals surface area contributed by atoms with Crippen molar-refractivity contribution < 1.29 is 9.21 Å². The fourth-order valence-electron chi connectivity index (χ4n) is 3.52. The summed E-state index contributed by atoms with van der Waals surface area (Å²) in [4.78, 5) is 14.4. The minimum absolute atomic E-state index is 0. The molecule has 1 aromatic rings. The van der Waals surface area contributed by atoms with E-state index in [0.29, 0.717) is 23.9 Å². The van der Waals surface area contributed by atoms with Crippen LogP contribution in [0.15, 0.2) is 10.5 Å². The molecular formula is C15H23ClN2O2. The highest BCUT2D eigenvalue weighted by molar-refractivity contribution is 5.93. The minimum Gasteiger partial charge on any atom is -0.456 e. The number of rotatable bonds is 2. The van der Waals surface area contributed by atoms with Crippen LogP contribution in [0.4, 0.5) is 0 Å². The Morgan fingerprint density at radius 1 is 1.30 bits per heavy atom. The number of carbonyl (C=O) groups excluding carboxylic acids is 1. The maximum atomic E-state index is 12.5. The summed E-state index contributed by atoms with van der Waals surface area (Å²) in [5, 5.41) is 3.61. The second-order valence-corrected chi connectivity index (χ2v) is 6.05. The average molecular weight is 299 g/mol. The van der Waals surface area contributed by atoms with Crippen LogP contribution in [-0.4, -0.2) is 36.0 Å². The van der Waals surface area contributed by atoms with E-state index in [1.54, 1.807) is 0 Å². The molecule has 3 heterocycles. The number of hydrogen-bond donors (Lipinski definition) is 1. The molecule has 0 spiro atoms. The fraction of sp³-hybridized carbons (Fsp3) is 0.667. The van der Waals surface area contributed by atoms with Gasteiger partial charge in [-0.05, 0) is 45.6 Å². The minimum atomic E-state index is 0. The maximum Gasteiger partial charge on any atom is 0.289 e. The lowest BCUT2D eigenvalue weighted by atomic mass is 9.98. The van der Waals surface area contributed by atoms with Crippen molar-refractivity contribution in [2.45, 2.75) is 57.7 Å². The first-order valence-corrected chi connectivity index (χ1v) is 7.15. The summed E-state index contributed by atoms with van der Waals surface area (Å²) in [6.07, 6.45) is 4.64. The lowest BCUT2D eigenvalue weighted by Crippen LogP contribution is -2.48. The van der Waals surface area contributed by atoms with Crippen molar-refractivity contribution in [3.8, 4) is 0 Å². The smallest absolute Gasteiger partial charge is 0.289 e. The molecule has 2 bridgehead atoms. The van der Waals surface area contributed by atoms with Crippen molar-refractivity contribution in [2.24, 2.45) is 0 Å². The molecule has 2 aliphatic heterocycles. The summed E-state index contributed by atoms with van der Waals surface area (Å²) in [7, 11) is 1.91. The SMILES string of the molecule is Cc1cc(C)c(C(=O)N(C)C2CC3CCC(C2)N3)o1.Cl. The van der Waals surface area contributed by atoms with Crippen molar-refractivity contribution in [2.75, 3.05) is 7.05 Å². The van der Waals surface area contributed by atoms with E-state index in [1.807, 2.05) is 31.9 Å². The number of fused-ring (bicyclic) bond motifs is 2. The van der Waals surface area contributed by atoms with Crippen LogP contribution in [-0.2, 0) is 0 Å². The van der Waals surface area contributed by atoms with Gasteiger partial charge < -0.3 is 14.6 Å². The number of hydrogen-bond acceptors (Lipinski definition) is 3. The Balaban J connectivity index is 0.00000147. The summed E-state index contributed by atoms with van der Waals surface area (Å²) in [6.45, 7) is 3.82. The zero-order chi connectivity index (χ0) is 13.6. The second kappa shape index (κ2) is 5.78. The molecule has 5 heteroatoms. The zero-order valence-corrected chi connectivity index (χ0v) is 13.1. The van der Waals surface area contributed by atoms with Gasteiger partial charge in [-0.2, -0.15) is 0 Å². The molecule has 0 radical (unpaired) electrons. The number of halogens is 1. The summed E-state index contributed by atoms with van der Waals surface area (Å²) in [5.41, 5.74) is 0.936. The summed E-state index contributed by atoms with van der Waals surface area (Å²) in [6, 6.07) is 3.46. The Hall–Kier alpha value is -1.00. The van der Waals surface area contributed by atoms with E-state index in [4.69, 9.17) is 4.42 Å². The molecule has 4 nitrogen and oxygen atoms in total. The monoisotopic (exact) mass is 298 g/mol. The number of carbonyl (C=O) groups is 1. The average Bonchev–Trinajstić information content (AvgIpc) is 2.89. The van der Waals surface area contributed by atoms with Crippen LogP contribution < -0.4 is 5.32 Å². The number of amides is 1. The van der Waals surface area contributed by atoms with E-state index in [9.17, 15) is 4.79 Å². The highest BCUT2D eigenvalue weighted by atomic mass is 35.5. The number of aryl methyl sites for hydroxylation is 2. The largest absolute Gasteiger partial charge is 0.456 e. The van der Waals surface area contributed by atoms with E-state index < -0.39 is 0 Å². The number of piperidine rings is 1. The van der Waals surface area contributed by atoms with Crippen LogP contribution in [0, 0.1) is 13.8 Å². The van der Waals surface area contributed by atoms with Gasteiger partial charge in [0.15, 0.2) is 5.76 Å². The highest BCUT2D eigenvalue weighted by Gasteiger charge is 2.37. The van der Waals surface area contributed by atoms with Gasteiger partial charge in [0.05, 0.1) is 0 Å². The predicted octanol–water partition coefficient (Wildman–Crippen LogP) is 2.67. The third-order valence-electron chi connectivity index (χ3n) is 4.55. The van der Waals surface area contributed by atoms with Gasteiger partial charge in [-0.15, -0.1) is 12.4 Å². The molecule has 1 aromatic heterocycles. The molecule has 2 fully saturated rings. The quantitative estimate of drug-likeness (QED) is 0.913. The Morgan fingerprint density at radius 3 is 2.40 bits per heavy atom. The van der Waals surface area contributed by atoms with Gasteiger partial charge in [-0.25, -0.2) is 0 Å². The molecule has 2 aliphatic rings. The molecule has 1 N–H and O–H groups in total. The summed E-state index contributed by atoms with van der Waals surface area (Å²) in [5.74, 6) is 1.34. The van der Waals surface area contributed by atoms with Crippen LogP contribution in [0.3, 0.4) is 0 Å². The molecule has 0 aliphatic carbocycles. The highest BCUT2D eigenvalue weighted by Crippen LogP contribution is 2.30. The van der Waals surface area contributed by atoms with Gasteiger partial charge in [-0.1, -0.05) is 0 Å². The van der Waals surface area contributed by atoms with Gasteiger partial charge in [0.25, 0.3) is 5.91 Å². The lowest BCUT2D eigenvalue weighted by Gasteiger charge is -2.35. The van der Waals surface area contributed by atoms with Crippen LogP contribution in [0.25, 0.3) is 0 Å². The number of nitrogens with one attached hydrogen (secondary N) is 1. The van der Waals surface area contributed by atoms with Crippen LogP contribution >= 0.6 is 12.4 Å². The third kappa shape index (κ3) is 2.72. The Bertz CT molecular complexity index is 488. The van der Waals surface area contributed by atoms with E-state index >= 15 is 0 Å². The number of nitrogens with zero attached hydrogens (tertiary/aromatic N) is 1. The van der Waals surface area contributed by atoms with Crippen molar-refractivity contribution in [3.05, 3.63) is 23.2 Å². The van der Waals surface area contributed by atoms with Crippen molar-refractivity contribution in [1.82, 2.24) is 10.2 Å². The zero-order valence-electron chi connectivity index (χ0n) is 12.3. The molecular weight excluding hydrogens is 276 g/mol. The maximum absolute atomic E-state index is 12.5. The molecule has 2 saturated heterocycles. The Labute approximate surface area is 126 Å². The van der Waals surface area contributed by atoms with Gasteiger partial charge in [0, 0.05) is 30.7 Å². The fourth-order valence-corrected chi connectivity index (χ4v) is 3.52. The first kappa shape index (κ1) is 15.4. The van der Waals surface area contributed by atoms with Crippen molar-refractivity contribution >= 4 is 18.3 Å². The Kier molecular flexibility index (Phi) is 4.45. The van der Waals surface area contributed by atoms with Crippen LogP contribution in [0.2, 0.25) is 0 Å². The van der Waals surface area contributed by atoms with E-state index in [0.717, 1.165) is 24.2 Å². The van der Waals surface area contributed by atoms with Gasteiger partial charge in [0.2, 0.25) is 0 Å². The standard InChI is InChI=1S/C15H22N2O2.ClH/c1-9-6-10(2)19-14(9)15(18)17(3)13-7-11-4-5-12(8-13)16-11;/h6,11-13,16H,4-5,7-8H2,1-3H3;1H. The molecule has 2 atom stereocenters.